The molecule has 7 rings (SSSR count). The van der Waals surface area contributed by atoms with Crippen molar-refractivity contribution in [1.29, 1.82) is 0 Å². The SMILES string of the molecule is O=C(Nc1cn2nc(-c3c(-c4ccc(F)cc4)nc4ccccn34)ccc2n1)c1cncc(-c2cccs2)c1. The van der Waals surface area contributed by atoms with Crippen LogP contribution < -0.4 is 5.32 Å². The Morgan fingerprint density at radius 2 is 1.79 bits per heavy atom. The van der Waals surface area contributed by atoms with Crippen molar-refractivity contribution in [2.45, 2.75) is 0 Å². The van der Waals surface area contributed by atoms with Crippen molar-refractivity contribution in [3.8, 4) is 33.1 Å². The van der Waals surface area contributed by atoms with Crippen LogP contribution in [0.2, 0.25) is 0 Å². The van der Waals surface area contributed by atoms with Gasteiger partial charge in [0, 0.05) is 34.6 Å². The first kappa shape index (κ1) is 22.9. The van der Waals surface area contributed by atoms with Crippen molar-refractivity contribution < 1.29 is 9.18 Å². The second-order valence-electron chi connectivity index (χ2n) is 8.79. The van der Waals surface area contributed by atoms with Crippen molar-refractivity contribution in [3.05, 3.63) is 114 Å². The zero-order valence-electron chi connectivity index (χ0n) is 20.2. The van der Waals surface area contributed by atoms with E-state index in [2.05, 4.69) is 15.3 Å². The molecule has 0 aliphatic heterocycles. The molecule has 0 fully saturated rings. The zero-order chi connectivity index (χ0) is 26.3. The molecule has 1 aromatic carbocycles. The molecule has 0 saturated carbocycles. The highest BCUT2D eigenvalue weighted by Gasteiger charge is 2.18. The Balaban J connectivity index is 1.24. The van der Waals surface area contributed by atoms with Crippen molar-refractivity contribution in [3.63, 3.8) is 0 Å². The molecular weight excluding hydrogens is 513 g/mol. The maximum atomic E-state index is 13.6. The molecule has 1 amide bonds. The first-order chi connectivity index (χ1) is 19.1. The van der Waals surface area contributed by atoms with E-state index >= 15 is 0 Å². The third kappa shape index (κ3) is 4.22. The molecule has 6 aromatic heterocycles. The number of nitrogens with zero attached hydrogens (tertiary/aromatic N) is 6. The number of amides is 1. The van der Waals surface area contributed by atoms with Gasteiger partial charge >= 0.3 is 0 Å². The lowest BCUT2D eigenvalue weighted by molar-refractivity contribution is 0.102. The molecule has 0 aliphatic rings. The van der Waals surface area contributed by atoms with Crippen LogP contribution in [0.3, 0.4) is 0 Å². The van der Waals surface area contributed by atoms with Crippen LogP contribution in [0.4, 0.5) is 10.2 Å². The van der Waals surface area contributed by atoms with Crippen LogP contribution in [-0.4, -0.2) is 34.9 Å². The van der Waals surface area contributed by atoms with Gasteiger partial charge in [-0.2, -0.15) is 5.10 Å². The van der Waals surface area contributed by atoms with Gasteiger partial charge in [0.25, 0.3) is 5.91 Å². The molecule has 188 valence electrons. The number of hydrogen-bond acceptors (Lipinski definition) is 6. The highest BCUT2D eigenvalue weighted by molar-refractivity contribution is 7.13. The van der Waals surface area contributed by atoms with Crippen LogP contribution in [-0.2, 0) is 0 Å². The third-order valence-electron chi connectivity index (χ3n) is 6.26. The molecule has 0 aliphatic carbocycles. The third-order valence-corrected chi connectivity index (χ3v) is 7.18. The van der Waals surface area contributed by atoms with Crippen LogP contribution in [0.1, 0.15) is 10.4 Å². The van der Waals surface area contributed by atoms with Gasteiger partial charge < -0.3 is 5.32 Å². The highest BCUT2D eigenvalue weighted by atomic mass is 32.1. The van der Waals surface area contributed by atoms with Crippen LogP contribution in [0.25, 0.3) is 44.4 Å². The lowest BCUT2D eigenvalue weighted by atomic mass is 10.1. The fraction of sp³-hybridized carbons (Fsp3) is 0. The van der Waals surface area contributed by atoms with Gasteiger partial charge in [-0.15, -0.1) is 11.3 Å². The number of nitrogens with one attached hydrogen (secondary N) is 1. The van der Waals surface area contributed by atoms with Gasteiger partial charge in [-0.3, -0.25) is 14.2 Å². The van der Waals surface area contributed by atoms with E-state index in [1.807, 2.05) is 64.5 Å². The molecule has 39 heavy (non-hydrogen) atoms. The zero-order valence-corrected chi connectivity index (χ0v) is 21.0. The van der Waals surface area contributed by atoms with Crippen molar-refractivity contribution in [2.24, 2.45) is 0 Å². The van der Waals surface area contributed by atoms with Crippen molar-refractivity contribution in [1.82, 2.24) is 29.0 Å². The van der Waals surface area contributed by atoms with Gasteiger partial charge in [-0.25, -0.2) is 18.9 Å². The Kier molecular flexibility index (Phi) is 5.45. The Morgan fingerprint density at radius 1 is 0.897 bits per heavy atom. The Hall–Kier alpha value is -5.22. The number of rotatable bonds is 5. The molecule has 8 nitrogen and oxygen atoms in total. The van der Waals surface area contributed by atoms with Gasteiger partial charge in [0.05, 0.1) is 17.5 Å². The topological polar surface area (TPSA) is 89.5 Å². The number of benzene rings is 1. The second kappa shape index (κ2) is 9.26. The highest BCUT2D eigenvalue weighted by Crippen LogP contribution is 2.32. The van der Waals surface area contributed by atoms with Crippen LogP contribution >= 0.6 is 11.3 Å². The summed E-state index contributed by atoms with van der Waals surface area (Å²) in [6.07, 6.45) is 6.84. The van der Waals surface area contributed by atoms with E-state index in [1.54, 1.807) is 40.4 Å². The molecule has 0 spiro atoms. The van der Waals surface area contributed by atoms with E-state index in [9.17, 15) is 9.18 Å². The number of halogens is 1. The quantitative estimate of drug-likeness (QED) is 0.285. The number of imidazole rings is 2. The van der Waals surface area contributed by atoms with E-state index in [0.717, 1.165) is 27.3 Å². The smallest absolute Gasteiger partial charge is 0.258 e. The fourth-order valence-electron chi connectivity index (χ4n) is 4.45. The average Bonchev–Trinajstić information content (AvgIpc) is 3.71. The van der Waals surface area contributed by atoms with Crippen molar-refractivity contribution >= 4 is 34.4 Å². The predicted molar refractivity (Wildman–Crippen MR) is 148 cm³/mol. The van der Waals surface area contributed by atoms with Crippen LogP contribution in [0.5, 0.6) is 0 Å². The summed E-state index contributed by atoms with van der Waals surface area (Å²) >= 11 is 1.59. The number of fused-ring (bicyclic) bond motifs is 2. The van der Waals surface area contributed by atoms with Gasteiger partial charge in [0.1, 0.15) is 22.9 Å². The molecule has 0 radical (unpaired) electrons. The van der Waals surface area contributed by atoms with E-state index in [-0.39, 0.29) is 11.7 Å². The molecule has 0 unspecified atom stereocenters. The van der Waals surface area contributed by atoms with Crippen LogP contribution in [0, 0.1) is 5.82 Å². The fourth-order valence-corrected chi connectivity index (χ4v) is 5.16. The molecule has 7 aromatic rings. The normalized spacial score (nSPS) is 11.3. The monoisotopic (exact) mass is 531 g/mol. The van der Waals surface area contributed by atoms with Gasteiger partial charge in [-0.05, 0) is 66.0 Å². The first-order valence-corrected chi connectivity index (χ1v) is 12.9. The minimum atomic E-state index is -0.315. The predicted octanol–water partition coefficient (Wildman–Crippen LogP) is 6.23. The van der Waals surface area contributed by atoms with Gasteiger partial charge in [-0.1, -0.05) is 12.1 Å². The Labute approximate surface area is 225 Å². The summed E-state index contributed by atoms with van der Waals surface area (Å²) in [6.45, 7) is 0. The largest absolute Gasteiger partial charge is 0.305 e. The standard InChI is InChI=1S/C29H18FN7OS/c30-21-8-6-18(7-9-21)27-28(36-12-2-1-5-25(36)34-27)22-10-11-26-32-24(17-37(26)35-22)33-29(38)20-14-19(15-31-16-20)23-4-3-13-39-23/h1-17H,(H,33,38). The van der Waals surface area contributed by atoms with E-state index in [0.29, 0.717) is 28.4 Å². The van der Waals surface area contributed by atoms with Crippen LogP contribution in [0.15, 0.2) is 103 Å². The average molecular weight is 532 g/mol. The summed E-state index contributed by atoms with van der Waals surface area (Å²) in [5, 5.41) is 9.60. The summed E-state index contributed by atoms with van der Waals surface area (Å²) < 4.78 is 17.2. The number of carbonyl (C=O) groups excluding carboxylic acids is 1. The van der Waals surface area contributed by atoms with E-state index in [1.165, 1.54) is 18.3 Å². The second-order valence-corrected chi connectivity index (χ2v) is 9.73. The number of thiophene rings is 1. The summed E-state index contributed by atoms with van der Waals surface area (Å²) in [6, 6.07) is 21.4. The lowest BCUT2D eigenvalue weighted by Gasteiger charge is -2.05. The molecule has 0 saturated heterocycles. The maximum Gasteiger partial charge on any atom is 0.258 e. The minimum Gasteiger partial charge on any atom is -0.305 e. The van der Waals surface area contributed by atoms with Gasteiger partial charge in [0.2, 0.25) is 0 Å². The number of anilines is 1. The number of hydrogen-bond donors (Lipinski definition) is 1. The number of pyridine rings is 2. The maximum absolute atomic E-state index is 13.6. The van der Waals surface area contributed by atoms with Gasteiger partial charge in [0.15, 0.2) is 11.5 Å². The molecule has 1 N–H and O–H groups in total. The number of carbonyl (C=O) groups is 1. The summed E-state index contributed by atoms with van der Waals surface area (Å²) in [5.74, 6) is -0.265. The number of aromatic nitrogens is 6. The van der Waals surface area contributed by atoms with Crippen molar-refractivity contribution in [2.75, 3.05) is 5.32 Å². The first-order valence-electron chi connectivity index (χ1n) is 12.0. The lowest BCUT2D eigenvalue weighted by Crippen LogP contribution is -2.12. The molecule has 0 bridgehead atoms. The summed E-state index contributed by atoms with van der Waals surface area (Å²) in [5.41, 5.74) is 5.47. The summed E-state index contributed by atoms with van der Waals surface area (Å²) in [7, 11) is 0. The van der Waals surface area contributed by atoms with E-state index in [4.69, 9.17) is 10.1 Å². The van der Waals surface area contributed by atoms with E-state index < -0.39 is 0 Å². The molecule has 6 heterocycles. The Morgan fingerprint density at radius 3 is 2.64 bits per heavy atom. The Bertz CT molecular complexity index is 1980. The molecular formula is C29H18FN7OS. The summed E-state index contributed by atoms with van der Waals surface area (Å²) in [4.78, 5) is 27.5. The molecule has 0 atom stereocenters. The minimum absolute atomic E-state index is 0.314. The molecule has 10 heteroatoms.